The van der Waals surface area contributed by atoms with E-state index in [0.717, 1.165) is 32.1 Å². The first kappa shape index (κ1) is 23.4. The van der Waals surface area contributed by atoms with E-state index in [1.165, 1.54) is 45.6 Å². The first-order valence-electron chi connectivity index (χ1n) is 9.98. The average molecular weight is 347 g/mol. The molecule has 25 heavy (non-hydrogen) atoms. The number of ether oxygens (including phenoxy) is 1. The topological polar surface area (TPSA) is 26.3 Å². The maximum absolute atomic E-state index is 10.9. The minimum Gasteiger partial charge on any atom is -0.469 e. The zero-order chi connectivity index (χ0) is 18.4. The van der Waals surface area contributed by atoms with E-state index in [1.807, 2.05) is 0 Å². The Balaban J connectivity index is 3.36. The lowest BCUT2D eigenvalue weighted by Gasteiger charge is -1.95. The lowest BCUT2D eigenvalue weighted by Crippen LogP contribution is -1.97. The predicted octanol–water partition coefficient (Wildman–Crippen LogP) is 7.09. The number of carbonyl (C=O) groups excluding carboxylic acids is 1. The normalized spacial score (nSPS) is 12.2. The average Bonchev–Trinajstić information content (AvgIpc) is 2.63. The van der Waals surface area contributed by atoms with Gasteiger partial charge in [0, 0.05) is 6.42 Å². The summed E-state index contributed by atoms with van der Waals surface area (Å²) in [5, 5.41) is 0. The van der Waals surface area contributed by atoms with Gasteiger partial charge in [0.1, 0.15) is 0 Å². The van der Waals surface area contributed by atoms with E-state index in [2.05, 4.69) is 60.3 Å². The highest BCUT2D eigenvalue weighted by atomic mass is 16.5. The van der Waals surface area contributed by atoms with E-state index in [9.17, 15) is 4.79 Å². The van der Waals surface area contributed by atoms with Crippen molar-refractivity contribution in [2.45, 2.75) is 84.0 Å². The number of unbranched alkanes of at least 4 members (excludes halogenated alkanes) is 6. The van der Waals surface area contributed by atoms with Crippen LogP contribution in [0.1, 0.15) is 84.0 Å². The first-order valence-corrected chi connectivity index (χ1v) is 9.98. The van der Waals surface area contributed by atoms with Crippen LogP contribution in [0.5, 0.6) is 0 Å². The van der Waals surface area contributed by atoms with Crippen LogP contribution < -0.4 is 0 Å². The first-order chi connectivity index (χ1) is 12.3. The quantitative estimate of drug-likeness (QED) is 0.169. The van der Waals surface area contributed by atoms with Crippen LogP contribution in [-0.4, -0.2) is 13.1 Å². The lowest BCUT2D eigenvalue weighted by atomic mass is 10.1. The summed E-state index contributed by atoms with van der Waals surface area (Å²) in [5.74, 6) is -0.133. The molecule has 2 nitrogen and oxygen atoms in total. The molecule has 0 aromatic carbocycles. The molecule has 0 spiro atoms. The van der Waals surface area contributed by atoms with Crippen LogP contribution in [-0.2, 0) is 9.53 Å². The molecule has 0 aliphatic rings. The zero-order valence-electron chi connectivity index (χ0n) is 16.4. The fraction of sp³-hybridized carbons (Fsp3) is 0.609. The van der Waals surface area contributed by atoms with Gasteiger partial charge in [-0.1, -0.05) is 68.4 Å². The molecular formula is C23H38O2. The van der Waals surface area contributed by atoms with Gasteiger partial charge < -0.3 is 4.74 Å². The van der Waals surface area contributed by atoms with Crippen LogP contribution in [0.15, 0.2) is 48.6 Å². The summed E-state index contributed by atoms with van der Waals surface area (Å²) < 4.78 is 4.60. The SMILES string of the molecule is CCCCC/C=C/C/C=C/C/C=C/CCCC/C=C\CCC(=O)OC. The van der Waals surface area contributed by atoms with Gasteiger partial charge in [0.2, 0.25) is 0 Å². The molecule has 2 heteroatoms. The van der Waals surface area contributed by atoms with Crippen molar-refractivity contribution in [1.29, 1.82) is 0 Å². The second-order valence-electron chi connectivity index (χ2n) is 6.25. The van der Waals surface area contributed by atoms with E-state index in [4.69, 9.17) is 0 Å². The van der Waals surface area contributed by atoms with E-state index in [-0.39, 0.29) is 5.97 Å². The molecule has 142 valence electrons. The number of allylic oxidation sites excluding steroid dienone is 8. The Labute approximate surface area is 155 Å². The van der Waals surface area contributed by atoms with Crippen LogP contribution >= 0.6 is 0 Å². The molecule has 0 aromatic heterocycles. The Morgan fingerprint density at radius 1 is 0.680 bits per heavy atom. The summed E-state index contributed by atoms with van der Waals surface area (Å²) in [7, 11) is 1.43. The molecule has 0 fully saturated rings. The summed E-state index contributed by atoms with van der Waals surface area (Å²) >= 11 is 0. The van der Waals surface area contributed by atoms with Gasteiger partial charge in [0.05, 0.1) is 7.11 Å². The van der Waals surface area contributed by atoms with Crippen LogP contribution in [0.2, 0.25) is 0 Å². The van der Waals surface area contributed by atoms with Crippen LogP contribution in [0.4, 0.5) is 0 Å². The van der Waals surface area contributed by atoms with Gasteiger partial charge in [-0.3, -0.25) is 4.79 Å². The fourth-order valence-corrected chi connectivity index (χ4v) is 2.35. The largest absolute Gasteiger partial charge is 0.469 e. The van der Waals surface area contributed by atoms with Gasteiger partial charge in [-0.05, 0) is 57.8 Å². The number of rotatable bonds is 16. The Kier molecular flexibility index (Phi) is 19.2. The van der Waals surface area contributed by atoms with Crippen molar-refractivity contribution in [3.8, 4) is 0 Å². The second kappa shape index (κ2) is 20.5. The molecule has 0 N–H and O–H groups in total. The fourth-order valence-electron chi connectivity index (χ4n) is 2.35. The molecule has 0 atom stereocenters. The van der Waals surface area contributed by atoms with Crippen molar-refractivity contribution in [2.24, 2.45) is 0 Å². The van der Waals surface area contributed by atoms with Crippen molar-refractivity contribution in [1.82, 2.24) is 0 Å². The summed E-state index contributed by atoms with van der Waals surface area (Å²) in [5.41, 5.74) is 0. The zero-order valence-corrected chi connectivity index (χ0v) is 16.4. The Morgan fingerprint density at radius 2 is 1.12 bits per heavy atom. The Hall–Kier alpha value is -1.57. The standard InChI is InChI=1S/C23H38O2/c1-3-4-5-6-7-8-9-10-11-12-13-14-15-16-17-18-19-20-21-22-23(24)25-2/h7-8,10-11,13-14,19-20H,3-6,9,12,15-18,21-22H2,1-2H3/b8-7+,11-10+,14-13+,20-19-. The summed E-state index contributed by atoms with van der Waals surface area (Å²) in [6.07, 6.45) is 31.1. The number of hydrogen-bond acceptors (Lipinski definition) is 2. The number of carbonyl (C=O) groups is 1. The molecule has 0 saturated heterocycles. The van der Waals surface area contributed by atoms with E-state index in [1.54, 1.807) is 0 Å². The van der Waals surface area contributed by atoms with Crippen molar-refractivity contribution >= 4 is 5.97 Å². The number of esters is 1. The minimum absolute atomic E-state index is 0.133. The number of methoxy groups -OCH3 is 1. The van der Waals surface area contributed by atoms with E-state index < -0.39 is 0 Å². The molecule has 0 bridgehead atoms. The molecule has 0 radical (unpaired) electrons. The minimum atomic E-state index is -0.133. The Morgan fingerprint density at radius 3 is 1.64 bits per heavy atom. The van der Waals surface area contributed by atoms with Crippen molar-refractivity contribution < 1.29 is 9.53 Å². The third-order valence-electron chi connectivity index (χ3n) is 3.92. The van der Waals surface area contributed by atoms with Gasteiger partial charge in [-0.25, -0.2) is 0 Å². The molecule has 0 amide bonds. The second-order valence-corrected chi connectivity index (χ2v) is 6.25. The summed E-state index contributed by atoms with van der Waals surface area (Å²) in [6, 6.07) is 0. The van der Waals surface area contributed by atoms with Gasteiger partial charge in [0.15, 0.2) is 0 Å². The van der Waals surface area contributed by atoms with Crippen LogP contribution in [0, 0.1) is 0 Å². The third-order valence-corrected chi connectivity index (χ3v) is 3.92. The monoisotopic (exact) mass is 346 g/mol. The summed E-state index contributed by atoms with van der Waals surface area (Å²) in [4.78, 5) is 10.9. The summed E-state index contributed by atoms with van der Waals surface area (Å²) in [6.45, 7) is 2.24. The molecule has 0 rings (SSSR count). The smallest absolute Gasteiger partial charge is 0.305 e. The van der Waals surface area contributed by atoms with E-state index in [0.29, 0.717) is 6.42 Å². The Bertz CT molecular complexity index is 402. The molecule has 0 aliphatic heterocycles. The highest BCUT2D eigenvalue weighted by Crippen LogP contribution is 2.04. The van der Waals surface area contributed by atoms with Crippen LogP contribution in [0.25, 0.3) is 0 Å². The molecule has 0 unspecified atom stereocenters. The molecule has 0 aliphatic carbocycles. The van der Waals surface area contributed by atoms with Gasteiger partial charge >= 0.3 is 5.97 Å². The molecular weight excluding hydrogens is 308 g/mol. The van der Waals surface area contributed by atoms with Gasteiger partial charge in [0.25, 0.3) is 0 Å². The highest BCUT2D eigenvalue weighted by molar-refractivity contribution is 5.69. The predicted molar refractivity (Wildman–Crippen MR) is 110 cm³/mol. The molecule has 0 saturated carbocycles. The molecule has 0 aromatic rings. The lowest BCUT2D eigenvalue weighted by molar-refractivity contribution is -0.140. The van der Waals surface area contributed by atoms with Crippen molar-refractivity contribution in [2.75, 3.05) is 7.11 Å². The number of hydrogen-bond donors (Lipinski definition) is 0. The van der Waals surface area contributed by atoms with Gasteiger partial charge in [-0.2, -0.15) is 0 Å². The maximum atomic E-state index is 10.9. The van der Waals surface area contributed by atoms with E-state index >= 15 is 0 Å². The third kappa shape index (κ3) is 20.4. The van der Waals surface area contributed by atoms with Crippen molar-refractivity contribution in [3.05, 3.63) is 48.6 Å². The van der Waals surface area contributed by atoms with Gasteiger partial charge in [-0.15, -0.1) is 0 Å². The van der Waals surface area contributed by atoms with Crippen molar-refractivity contribution in [3.63, 3.8) is 0 Å². The maximum Gasteiger partial charge on any atom is 0.305 e. The molecule has 0 heterocycles. The highest BCUT2D eigenvalue weighted by Gasteiger charge is 1.95. The van der Waals surface area contributed by atoms with Crippen LogP contribution in [0.3, 0.4) is 0 Å².